The Bertz CT molecular complexity index is 585. The fourth-order valence-corrected chi connectivity index (χ4v) is 2.78. The van der Waals surface area contributed by atoms with E-state index in [4.69, 9.17) is 4.42 Å². The van der Waals surface area contributed by atoms with Gasteiger partial charge in [0.1, 0.15) is 11.3 Å². The van der Waals surface area contributed by atoms with Crippen molar-refractivity contribution in [3.63, 3.8) is 0 Å². The number of para-hydroxylation sites is 1. The van der Waals surface area contributed by atoms with Gasteiger partial charge in [-0.3, -0.25) is 0 Å². The Morgan fingerprint density at radius 3 is 2.75 bits per heavy atom. The summed E-state index contributed by atoms with van der Waals surface area (Å²) in [5.74, 6) is 1.04. The number of hydrogen-bond donors (Lipinski definition) is 0. The molecule has 0 amide bonds. The van der Waals surface area contributed by atoms with Crippen LogP contribution in [0.5, 0.6) is 0 Å². The molecule has 0 saturated heterocycles. The molecule has 0 aliphatic rings. The normalized spacial score (nSPS) is 11.1. The van der Waals surface area contributed by atoms with E-state index in [1.54, 1.807) is 0 Å². The minimum atomic E-state index is 0.896. The lowest BCUT2D eigenvalue weighted by atomic mass is 10.2. The molecule has 1 aromatic carbocycles. The highest BCUT2D eigenvalue weighted by molar-refractivity contribution is 7.11. The van der Waals surface area contributed by atoms with Crippen LogP contribution in [0.1, 0.15) is 15.5 Å². The summed E-state index contributed by atoms with van der Waals surface area (Å²) in [5, 5.41) is 1.19. The Morgan fingerprint density at radius 2 is 2.00 bits per heavy atom. The highest BCUT2D eigenvalue weighted by atomic mass is 32.1. The maximum absolute atomic E-state index is 5.79. The van der Waals surface area contributed by atoms with Crippen molar-refractivity contribution in [3.8, 4) is 0 Å². The third kappa shape index (κ3) is 1.76. The molecule has 0 bridgehead atoms. The van der Waals surface area contributed by atoms with E-state index in [2.05, 4.69) is 31.2 Å². The number of rotatable bonds is 2. The van der Waals surface area contributed by atoms with Crippen LogP contribution in [0.3, 0.4) is 0 Å². The molecule has 1 nitrogen and oxygen atoms in total. The van der Waals surface area contributed by atoms with Gasteiger partial charge in [0.2, 0.25) is 0 Å². The monoisotopic (exact) mass is 228 g/mol. The second kappa shape index (κ2) is 3.80. The summed E-state index contributed by atoms with van der Waals surface area (Å²) in [6.45, 7) is 2.13. The van der Waals surface area contributed by atoms with E-state index in [1.807, 2.05) is 29.5 Å². The van der Waals surface area contributed by atoms with Crippen LogP contribution in [-0.2, 0) is 6.42 Å². The molecule has 2 aromatic heterocycles. The highest BCUT2D eigenvalue weighted by Gasteiger charge is 2.05. The quantitative estimate of drug-likeness (QED) is 0.634. The Kier molecular flexibility index (Phi) is 2.29. The van der Waals surface area contributed by atoms with Crippen LogP contribution in [0.15, 0.2) is 46.9 Å². The topological polar surface area (TPSA) is 13.1 Å². The van der Waals surface area contributed by atoms with Gasteiger partial charge in [0.25, 0.3) is 0 Å². The fourth-order valence-electron chi connectivity index (χ4n) is 1.88. The predicted octanol–water partition coefficient (Wildman–Crippen LogP) is 4.39. The van der Waals surface area contributed by atoms with Crippen LogP contribution in [0, 0.1) is 6.92 Å². The largest absolute Gasteiger partial charge is 0.461 e. The summed E-state index contributed by atoms with van der Waals surface area (Å²) >= 11 is 1.83. The molecule has 0 atom stereocenters. The molecule has 0 fully saturated rings. The first kappa shape index (κ1) is 9.67. The van der Waals surface area contributed by atoms with Crippen molar-refractivity contribution in [2.24, 2.45) is 0 Å². The molecule has 0 radical (unpaired) electrons. The summed E-state index contributed by atoms with van der Waals surface area (Å²) in [7, 11) is 0. The Morgan fingerprint density at radius 1 is 1.12 bits per heavy atom. The van der Waals surface area contributed by atoms with Crippen LogP contribution < -0.4 is 0 Å². The van der Waals surface area contributed by atoms with E-state index >= 15 is 0 Å². The molecule has 0 saturated carbocycles. The van der Waals surface area contributed by atoms with Crippen LogP contribution in [0.25, 0.3) is 11.0 Å². The Labute approximate surface area is 98.3 Å². The van der Waals surface area contributed by atoms with Gasteiger partial charge in [-0.15, -0.1) is 11.3 Å². The van der Waals surface area contributed by atoms with Crippen molar-refractivity contribution < 1.29 is 4.42 Å². The molecule has 16 heavy (non-hydrogen) atoms. The van der Waals surface area contributed by atoms with Gasteiger partial charge in [-0.05, 0) is 31.2 Å². The minimum absolute atomic E-state index is 0.896. The molecule has 0 aliphatic carbocycles. The molecule has 0 spiro atoms. The minimum Gasteiger partial charge on any atom is -0.461 e. The van der Waals surface area contributed by atoms with E-state index in [0.29, 0.717) is 0 Å². The van der Waals surface area contributed by atoms with Gasteiger partial charge in [0.15, 0.2) is 0 Å². The van der Waals surface area contributed by atoms with E-state index in [1.165, 1.54) is 15.1 Å². The maximum atomic E-state index is 5.79. The second-order valence-electron chi connectivity index (χ2n) is 3.94. The number of fused-ring (bicyclic) bond motifs is 1. The molecule has 0 aliphatic heterocycles. The predicted molar refractivity (Wildman–Crippen MR) is 68.1 cm³/mol. The summed E-state index contributed by atoms with van der Waals surface area (Å²) in [6, 6.07) is 14.6. The zero-order chi connectivity index (χ0) is 11.0. The van der Waals surface area contributed by atoms with Crippen molar-refractivity contribution in [3.05, 3.63) is 58.0 Å². The average molecular weight is 228 g/mol. The lowest BCUT2D eigenvalue weighted by Crippen LogP contribution is -1.78. The summed E-state index contributed by atoms with van der Waals surface area (Å²) < 4.78 is 5.79. The Balaban J connectivity index is 1.95. The molecule has 80 valence electrons. The molecule has 2 heteroatoms. The Hall–Kier alpha value is -1.54. The van der Waals surface area contributed by atoms with Crippen LogP contribution in [0.4, 0.5) is 0 Å². The summed E-state index contributed by atoms with van der Waals surface area (Å²) in [5.41, 5.74) is 0.978. The lowest BCUT2D eigenvalue weighted by Gasteiger charge is -1.91. The molecule has 2 heterocycles. The van der Waals surface area contributed by atoms with Gasteiger partial charge in [-0.1, -0.05) is 18.2 Å². The summed E-state index contributed by atoms with van der Waals surface area (Å²) in [6.07, 6.45) is 0.896. The molecule has 0 N–H and O–H groups in total. The molecule has 0 unspecified atom stereocenters. The van der Waals surface area contributed by atoms with Gasteiger partial charge in [0.05, 0.1) is 0 Å². The number of thiophene rings is 1. The van der Waals surface area contributed by atoms with Gasteiger partial charge in [-0.2, -0.15) is 0 Å². The standard InChI is InChI=1S/C14H12OS/c1-10-6-7-13(16-10)9-12-8-11-4-2-3-5-14(11)15-12/h2-8H,9H2,1H3. The smallest absolute Gasteiger partial charge is 0.134 e. The zero-order valence-electron chi connectivity index (χ0n) is 9.07. The second-order valence-corrected chi connectivity index (χ2v) is 5.31. The number of benzene rings is 1. The third-order valence-corrected chi connectivity index (χ3v) is 3.62. The van der Waals surface area contributed by atoms with E-state index in [-0.39, 0.29) is 0 Å². The van der Waals surface area contributed by atoms with Crippen molar-refractivity contribution in [2.45, 2.75) is 13.3 Å². The molecular formula is C14H12OS. The average Bonchev–Trinajstić information content (AvgIpc) is 2.84. The summed E-state index contributed by atoms with van der Waals surface area (Å²) in [4.78, 5) is 2.71. The van der Waals surface area contributed by atoms with E-state index < -0.39 is 0 Å². The number of furan rings is 1. The third-order valence-electron chi connectivity index (χ3n) is 2.62. The van der Waals surface area contributed by atoms with Crippen LogP contribution in [-0.4, -0.2) is 0 Å². The lowest BCUT2D eigenvalue weighted by molar-refractivity contribution is 0.564. The molecular weight excluding hydrogens is 216 g/mol. The first-order chi connectivity index (χ1) is 7.81. The van der Waals surface area contributed by atoms with Crippen molar-refractivity contribution in [1.29, 1.82) is 0 Å². The van der Waals surface area contributed by atoms with Crippen LogP contribution >= 0.6 is 11.3 Å². The molecule has 3 aromatic rings. The first-order valence-corrected chi connectivity index (χ1v) is 6.16. The van der Waals surface area contributed by atoms with Crippen molar-refractivity contribution in [1.82, 2.24) is 0 Å². The fraction of sp³-hybridized carbons (Fsp3) is 0.143. The van der Waals surface area contributed by atoms with E-state index in [0.717, 1.165) is 17.8 Å². The number of hydrogen-bond acceptors (Lipinski definition) is 2. The van der Waals surface area contributed by atoms with Crippen LogP contribution in [0.2, 0.25) is 0 Å². The zero-order valence-corrected chi connectivity index (χ0v) is 9.88. The maximum Gasteiger partial charge on any atom is 0.134 e. The van der Waals surface area contributed by atoms with Crippen molar-refractivity contribution in [2.75, 3.05) is 0 Å². The highest BCUT2D eigenvalue weighted by Crippen LogP contribution is 2.24. The molecule has 3 rings (SSSR count). The van der Waals surface area contributed by atoms with Gasteiger partial charge in [0, 0.05) is 21.6 Å². The van der Waals surface area contributed by atoms with E-state index in [9.17, 15) is 0 Å². The van der Waals surface area contributed by atoms with Gasteiger partial charge < -0.3 is 4.42 Å². The van der Waals surface area contributed by atoms with Crippen molar-refractivity contribution >= 4 is 22.3 Å². The van der Waals surface area contributed by atoms with Gasteiger partial charge in [-0.25, -0.2) is 0 Å². The van der Waals surface area contributed by atoms with Gasteiger partial charge >= 0.3 is 0 Å². The SMILES string of the molecule is Cc1ccc(Cc2cc3ccccc3o2)s1. The first-order valence-electron chi connectivity index (χ1n) is 5.34. The number of aryl methyl sites for hydroxylation is 1.